The first-order valence-corrected chi connectivity index (χ1v) is 8.56. The Morgan fingerprint density at radius 3 is 2.73 bits per heavy atom. The molecule has 0 saturated carbocycles. The predicted molar refractivity (Wildman–Crippen MR) is 87.8 cm³/mol. The van der Waals surface area contributed by atoms with Crippen molar-refractivity contribution < 1.29 is 14.3 Å². The van der Waals surface area contributed by atoms with E-state index in [-0.39, 0.29) is 23.6 Å². The van der Waals surface area contributed by atoms with Crippen LogP contribution in [0.4, 0.5) is 0 Å². The third-order valence-corrected chi connectivity index (χ3v) is 4.76. The highest BCUT2D eigenvalue weighted by Crippen LogP contribution is 2.33. The quantitative estimate of drug-likeness (QED) is 0.779. The summed E-state index contributed by atoms with van der Waals surface area (Å²) in [5, 5.41) is 0. The molecule has 1 aromatic rings. The lowest BCUT2D eigenvalue weighted by Crippen LogP contribution is -2.30. The monoisotopic (exact) mass is 322 g/mol. The number of carbonyl (C=O) groups is 2. The molecule has 0 spiro atoms. The Kier molecular flexibility index (Phi) is 6.12. The number of methoxy groups -OCH3 is 1. The number of benzene rings is 1. The maximum atomic E-state index is 12.4. The van der Waals surface area contributed by atoms with E-state index in [0.29, 0.717) is 12.2 Å². The molecule has 1 unspecified atom stereocenters. The van der Waals surface area contributed by atoms with Gasteiger partial charge >= 0.3 is 0 Å². The van der Waals surface area contributed by atoms with Gasteiger partial charge in [0.1, 0.15) is 5.75 Å². The number of rotatable bonds is 7. The van der Waals surface area contributed by atoms with Crippen molar-refractivity contribution in [3.63, 3.8) is 0 Å². The molecular formula is C16H22N2O3S. The number of amides is 2. The van der Waals surface area contributed by atoms with Gasteiger partial charge in [0.05, 0.1) is 18.9 Å². The molecule has 120 valence electrons. The number of ether oxygens (including phenoxy) is 1. The van der Waals surface area contributed by atoms with E-state index in [1.807, 2.05) is 29.2 Å². The van der Waals surface area contributed by atoms with Crippen molar-refractivity contribution in [2.45, 2.75) is 25.3 Å². The van der Waals surface area contributed by atoms with Crippen LogP contribution in [0.1, 0.15) is 30.9 Å². The molecule has 0 aromatic heterocycles. The third kappa shape index (κ3) is 4.40. The number of hydrogen-bond acceptors (Lipinski definition) is 4. The average Bonchev–Trinajstić information content (AvgIpc) is 3.01. The molecule has 1 aliphatic heterocycles. The zero-order chi connectivity index (χ0) is 15.9. The second-order valence-electron chi connectivity index (χ2n) is 5.29. The maximum Gasteiger partial charge on any atom is 0.227 e. The lowest BCUT2D eigenvalue weighted by molar-refractivity contribution is -0.131. The fourth-order valence-corrected chi connectivity index (χ4v) is 3.38. The zero-order valence-corrected chi connectivity index (χ0v) is 13.6. The Hall–Kier alpha value is -1.69. The first-order chi connectivity index (χ1) is 10.6. The van der Waals surface area contributed by atoms with Gasteiger partial charge in [-0.1, -0.05) is 12.1 Å². The largest absolute Gasteiger partial charge is 0.497 e. The summed E-state index contributed by atoms with van der Waals surface area (Å²) in [5.41, 5.74) is 6.24. The fraction of sp³-hybridized carbons (Fsp3) is 0.500. The van der Waals surface area contributed by atoms with Crippen molar-refractivity contribution in [3.05, 3.63) is 29.8 Å². The number of primary amides is 1. The van der Waals surface area contributed by atoms with Crippen LogP contribution in [-0.4, -0.2) is 41.9 Å². The van der Waals surface area contributed by atoms with Gasteiger partial charge in [0.15, 0.2) is 0 Å². The molecule has 1 aliphatic rings. The molecular weight excluding hydrogens is 300 g/mol. The second kappa shape index (κ2) is 8.08. The van der Waals surface area contributed by atoms with Crippen LogP contribution < -0.4 is 10.5 Å². The Morgan fingerprint density at radius 2 is 2.09 bits per heavy atom. The Labute approximate surface area is 135 Å². The Bertz CT molecular complexity index is 519. The standard InChI is InChI=1S/C16H22N2O3S/c1-21-13-6-4-12(5-7-13)14-3-2-9-18(14)16(20)8-10-22-11-15(17)19/h4-7,14H,2-3,8-11H2,1H3,(H2,17,19). The second-order valence-corrected chi connectivity index (χ2v) is 6.39. The van der Waals surface area contributed by atoms with E-state index in [1.54, 1.807) is 7.11 Å². The predicted octanol–water partition coefficient (Wildman–Crippen LogP) is 1.97. The van der Waals surface area contributed by atoms with Crippen molar-refractivity contribution >= 4 is 23.6 Å². The normalized spacial score (nSPS) is 17.5. The maximum absolute atomic E-state index is 12.4. The van der Waals surface area contributed by atoms with E-state index in [9.17, 15) is 9.59 Å². The summed E-state index contributed by atoms with van der Waals surface area (Å²) in [7, 11) is 1.64. The fourth-order valence-electron chi connectivity index (χ4n) is 2.71. The van der Waals surface area contributed by atoms with E-state index >= 15 is 0 Å². The molecule has 1 heterocycles. The van der Waals surface area contributed by atoms with Crippen LogP contribution in [0.25, 0.3) is 0 Å². The van der Waals surface area contributed by atoms with Gasteiger partial charge < -0.3 is 15.4 Å². The van der Waals surface area contributed by atoms with Crippen molar-refractivity contribution in [2.24, 2.45) is 5.73 Å². The zero-order valence-electron chi connectivity index (χ0n) is 12.8. The van der Waals surface area contributed by atoms with Crippen LogP contribution in [0.5, 0.6) is 5.75 Å². The summed E-state index contributed by atoms with van der Waals surface area (Å²) in [6, 6.07) is 8.06. The summed E-state index contributed by atoms with van der Waals surface area (Å²) >= 11 is 1.41. The molecule has 0 bridgehead atoms. The van der Waals surface area contributed by atoms with Gasteiger partial charge in [-0.25, -0.2) is 0 Å². The third-order valence-electron chi connectivity index (χ3n) is 3.78. The van der Waals surface area contributed by atoms with Crippen LogP contribution in [-0.2, 0) is 9.59 Å². The number of hydrogen-bond donors (Lipinski definition) is 1. The van der Waals surface area contributed by atoms with Gasteiger partial charge in [0, 0.05) is 18.7 Å². The number of nitrogens with zero attached hydrogens (tertiary/aromatic N) is 1. The van der Waals surface area contributed by atoms with Crippen molar-refractivity contribution in [2.75, 3.05) is 25.2 Å². The van der Waals surface area contributed by atoms with Crippen molar-refractivity contribution in [1.82, 2.24) is 4.90 Å². The van der Waals surface area contributed by atoms with Crippen molar-refractivity contribution in [3.8, 4) is 5.75 Å². The highest BCUT2D eigenvalue weighted by atomic mass is 32.2. The number of likely N-dealkylation sites (tertiary alicyclic amines) is 1. The van der Waals surface area contributed by atoms with Crippen LogP contribution in [0.3, 0.4) is 0 Å². The minimum Gasteiger partial charge on any atom is -0.497 e. The summed E-state index contributed by atoms with van der Waals surface area (Å²) < 4.78 is 5.17. The lowest BCUT2D eigenvalue weighted by atomic mass is 10.0. The van der Waals surface area contributed by atoms with Gasteiger partial charge in [-0.3, -0.25) is 9.59 Å². The molecule has 1 aromatic carbocycles. The topological polar surface area (TPSA) is 72.6 Å². The lowest BCUT2D eigenvalue weighted by Gasteiger charge is -2.25. The van der Waals surface area contributed by atoms with Gasteiger partial charge in [-0.05, 0) is 30.5 Å². The van der Waals surface area contributed by atoms with E-state index in [0.717, 1.165) is 30.7 Å². The highest BCUT2D eigenvalue weighted by molar-refractivity contribution is 7.99. The SMILES string of the molecule is COc1ccc(C2CCCN2C(=O)CCSCC(N)=O)cc1. The Morgan fingerprint density at radius 1 is 1.36 bits per heavy atom. The van der Waals surface area contributed by atoms with Crippen LogP contribution in [0.2, 0.25) is 0 Å². The molecule has 6 heteroatoms. The molecule has 2 amide bonds. The van der Waals surface area contributed by atoms with Crippen molar-refractivity contribution in [1.29, 1.82) is 0 Å². The molecule has 0 radical (unpaired) electrons. The van der Waals surface area contributed by atoms with E-state index < -0.39 is 0 Å². The first kappa shape index (κ1) is 16.7. The number of nitrogens with two attached hydrogens (primary N) is 1. The van der Waals surface area contributed by atoms with E-state index in [4.69, 9.17) is 10.5 Å². The van der Waals surface area contributed by atoms with Crippen LogP contribution >= 0.6 is 11.8 Å². The van der Waals surface area contributed by atoms with Gasteiger partial charge in [0.2, 0.25) is 11.8 Å². The van der Waals surface area contributed by atoms with Crippen LogP contribution in [0.15, 0.2) is 24.3 Å². The van der Waals surface area contributed by atoms with Crippen LogP contribution in [0, 0.1) is 0 Å². The minimum atomic E-state index is -0.338. The molecule has 5 nitrogen and oxygen atoms in total. The highest BCUT2D eigenvalue weighted by Gasteiger charge is 2.29. The number of carbonyl (C=O) groups excluding carboxylic acids is 2. The molecule has 1 fully saturated rings. The van der Waals surface area contributed by atoms with E-state index in [2.05, 4.69) is 0 Å². The smallest absolute Gasteiger partial charge is 0.227 e. The first-order valence-electron chi connectivity index (χ1n) is 7.41. The Balaban J connectivity index is 1.91. The number of thioether (sulfide) groups is 1. The van der Waals surface area contributed by atoms with Gasteiger partial charge in [-0.2, -0.15) is 11.8 Å². The van der Waals surface area contributed by atoms with Gasteiger partial charge in [-0.15, -0.1) is 0 Å². The summed E-state index contributed by atoms with van der Waals surface area (Å²) in [6.07, 6.45) is 2.47. The summed E-state index contributed by atoms with van der Waals surface area (Å²) in [4.78, 5) is 25.0. The summed E-state index contributed by atoms with van der Waals surface area (Å²) in [5.74, 6) is 1.54. The van der Waals surface area contributed by atoms with Gasteiger partial charge in [0.25, 0.3) is 0 Å². The molecule has 1 atom stereocenters. The molecule has 1 saturated heterocycles. The van der Waals surface area contributed by atoms with E-state index in [1.165, 1.54) is 11.8 Å². The molecule has 2 rings (SSSR count). The molecule has 22 heavy (non-hydrogen) atoms. The molecule has 0 aliphatic carbocycles. The average molecular weight is 322 g/mol. The summed E-state index contributed by atoms with van der Waals surface area (Å²) in [6.45, 7) is 0.802. The minimum absolute atomic E-state index is 0.148. The molecule has 2 N–H and O–H groups in total.